The van der Waals surface area contributed by atoms with E-state index < -0.39 is 22.3 Å². The van der Waals surface area contributed by atoms with Crippen LogP contribution in [-0.4, -0.2) is 9.55 Å². The molecule has 0 saturated carbocycles. The first-order valence-corrected chi connectivity index (χ1v) is 8.55. The van der Waals surface area contributed by atoms with Crippen LogP contribution in [0, 0.1) is 13.8 Å². The van der Waals surface area contributed by atoms with Crippen molar-refractivity contribution in [3.8, 4) is 11.4 Å². The Labute approximate surface area is 159 Å². The summed E-state index contributed by atoms with van der Waals surface area (Å²) < 4.78 is 41.3. The van der Waals surface area contributed by atoms with Gasteiger partial charge in [-0.2, -0.15) is 18.2 Å². The third kappa shape index (κ3) is 3.90. The molecule has 0 N–H and O–H groups in total. The summed E-state index contributed by atoms with van der Waals surface area (Å²) >= 11 is 6.05. The Hall–Kier alpha value is -2.60. The normalized spacial score (nSPS) is 11.6. The summed E-state index contributed by atoms with van der Waals surface area (Å²) in [7, 11) is 0. The first kappa shape index (κ1) is 19.2. The maximum absolute atomic E-state index is 13.2. The Morgan fingerprint density at radius 1 is 1.04 bits per heavy atom. The summed E-state index contributed by atoms with van der Waals surface area (Å²) in [6.07, 6.45) is -3.01. The van der Waals surface area contributed by atoms with Crippen molar-refractivity contribution in [1.82, 2.24) is 9.55 Å². The fourth-order valence-electron chi connectivity index (χ4n) is 2.83. The number of alkyl halides is 3. The van der Waals surface area contributed by atoms with E-state index in [4.69, 9.17) is 11.6 Å². The molecule has 1 heterocycles. The Kier molecular flexibility index (Phi) is 5.11. The summed E-state index contributed by atoms with van der Waals surface area (Å²) in [4.78, 5) is 16.1. The highest BCUT2D eigenvalue weighted by atomic mass is 35.5. The van der Waals surface area contributed by atoms with Crippen LogP contribution in [0.2, 0.25) is 5.02 Å². The summed E-state index contributed by atoms with van der Waals surface area (Å²) in [6.45, 7) is 3.90. The molecule has 0 amide bonds. The van der Waals surface area contributed by atoms with E-state index in [0.717, 1.165) is 17.2 Å². The van der Waals surface area contributed by atoms with Crippen LogP contribution in [0.15, 0.2) is 53.5 Å². The quantitative estimate of drug-likeness (QED) is 0.610. The summed E-state index contributed by atoms with van der Waals surface area (Å²) in [5.74, 6) is 0.102. The van der Waals surface area contributed by atoms with Gasteiger partial charge in [-0.25, -0.2) is 0 Å². The first-order valence-electron chi connectivity index (χ1n) is 8.17. The lowest BCUT2D eigenvalue weighted by Crippen LogP contribution is -2.19. The van der Waals surface area contributed by atoms with Crippen LogP contribution in [0.1, 0.15) is 22.3 Å². The van der Waals surface area contributed by atoms with E-state index in [1.807, 2.05) is 31.2 Å². The van der Waals surface area contributed by atoms with Crippen molar-refractivity contribution in [2.75, 3.05) is 0 Å². The molecule has 0 unspecified atom stereocenters. The van der Waals surface area contributed by atoms with Crippen LogP contribution in [0.3, 0.4) is 0 Å². The van der Waals surface area contributed by atoms with Crippen LogP contribution >= 0.6 is 11.6 Å². The predicted octanol–water partition coefficient (Wildman–Crippen LogP) is 5.25. The minimum atomic E-state index is -4.60. The van der Waals surface area contributed by atoms with Gasteiger partial charge in [-0.3, -0.25) is 4.79 Å². The lowest BCUT2D eigenvalue weighted by molar-refractivity contribution is -0.137. The molecule has 1 aromatic heterocycles. The van der Waals surface area contributed by atoms with E-state index in [0.29, 0.717) is 12.1 Å². The minimum Gasteiger partial charge on any atom is -0.327 e. The molecular weight excluding hydrogens is 377 g/mol. The Bertz CT molecular complexity index is 1060. The van der Waals surface area contributed by atoms with Crippen molar-refractivity contribution in [1.29, 1.82) is 0 Å². The van der Waals surface area contributed by atoms with Crippen molar-refractivity contribution in [2.24, 2.45) is 0 Å². The van der Waals surface area contributed by atoms with Crippen molar-refractivity contribution >= 4 is 11.6 Å². The van der Waals surface area contributed by atoms with E-state index >= 15 is 0 Å². The van der Waals surface area contributed by atoms with Crippen LogP contribution in [0.4, 0.5) is 13.2 Å². The molecule has 3 aromatic rings. The minimum absolute atomic E-state index is 0.0668. The van der Waals surface area contributed by atoms with Crippen LogP contribution in [0.25, 0.3) is 11.4 Å². The molecule has 0 aliphatic carbocycles. The fraction of sp³-hybridized carbons (Fsp3) is 0.200. The average molecular weight is 393 g/mol. The zero-order chi connectivity index (χ0) is 19.8. The predicted molar refractivity (Wildman–Crippen MR) is 99.0 cm³/mol. The van der Waals surface area contributed by atoms with Gasteiger partial charge in [-0.1, -0.05) is 41.9 Å². The SMILES string of the molecule is Cc1ccccc1Cn1cc(C)c(=O)nc1-c1cccc(C(F)(F)F)c1Cl. The smallest absolute Gasteiger partial charge is 0.327 e. The van der Waals surface area contributed by atoms with Crippen LogP contribution in [0.5, 0.6) is 0 Å². The van der Waals surface area contributed by atoms with E-state index in [2.05, 4.69) is 4.98 Å². The van der Waals surface area contributed by atoms with Crippen molar-refractivity contribution in [3.05, 3.63) is 86.3 Å². The second-order valence-corrected chi connectivity index (χ2v) is 6.65. The lowest BCUT2D eigenvalue weighted by Gasteiger charge is -2.17. The zero-order valence-electron chi connectivity index (χ0n) is 14.6. The van der Waals surface area contributed by atoms with Gasteiger partial charge in [-0.05, 0) is 37.1 Å². The van der Waals surface area contributed by atoms with Crippen LogP contribution < -0.4 is 5.56 Å². The van der Waals surface area contributed by atoms with Gasteiger partial charge in [0.25, 0.3) is 5.56 Å². The summed E-state index contributed by atoms with van der Waals surface area (Å²) in [5.41, 5.74) is 0.993. The molecular formula is C20H16ClF3N2O. The Morgan fingerprint density at radius 3 is 2.41 bits per heavy atom. The highest BCUT2D eigenvalue weighted by Crippen LogP contribution is 2.39. The van der Waals surface area contributed by atoms with E-state index in [9.17, 15) is 18.0 Å². The van der Waals surface area contributed by atoms with Gasteiger partial charge < -0.3 is 4.57 Å². The lowest BCUT2D eigenvalue weighted by atomic mass is 10.1. The number of hydrogen-bond acceptors (Lipinski definition) is 2. The molecule has 0 radical (unpaired) electrons. The van der Waals surface area contributed by atoms with Gasteiger partial charge in [0.1, 0.15) is 5.82 Å². The number of halogens is 4. The van der Waals surface area contributed by atoms with Gasteiger partial charge in [0, 0.05) is 23.9 Å². The summed E-state index contributed by atoms with van der Waals surface area (Å²) in [6, 6.07) is 11.2. The summed E-state index contributed by atoms with van der Waals surface area (Å²) in [5, 5.41) is -0.473. The maximum atomic E-state index is 13.2. The zero-order valence-corrected chi connectivity index (χ0v) is 15.4. The molecule has 0 aliphatic heterocycles. The van der Waals surface area contributed by atoms with Gasteiger partial charge >= 0.3 is 6.18 Å². The molecule has 0 bridgehead atoms. The maximum Gasteiger partial charge on any atom is 0.417 e. The van der Waals surface area contributed by atoms with E-state index in [1.165, 1.54) is 12.1 Å². The number of hydrogen-bond donors (Lipinski definition) is 0. The number of rotatable bonds is 3. The second kappa shape index (κ2) is 7.19. The van der Waals surface area contributed by atoms with E-state index in [1.54, 1.807) is 17.7 Å². The molecule has 0 spiro atoms. The number of benzene rings is 2. The molecule has 0 aliphatic rings. The monoisotopic (exact) mass is 392 g/mol. The fourth-order valence-corrected chi connectivity index (χ4v) is 3.15. The largest absolute Gasteiger partial charge is 0.417 e. The van der Waals surface area contributed by atoms with Crippen molar-refractivity contribution in [2.45, 2.75) is 26.6 Å². The molecule has 140 valence electrons. The van der Waals surface area contributed by atoms with Gasteiger partial charge in [0.2, 0.25) is 0 Å². The third-order valence-electron chi connectivity index (χ3n) is 4.31. The molecule has 3 nitrogen and oxygen atoms in total. The topological polar surface area (TPSA) is 34.9 Å². The highest BCUT2D eigenvalue weighted by Gasteiger charge is 2.34. The molecule has 0 fully saturated rings. The van der Waals surface area contributed by atoms with Crippen molar-refractivity contribution < 1.29 is 13.2 Å². The molecule has 3 rings (SSSR count). The second-order valence-electron chi connectivity index (χ2n) is 6.27. The molecule has 0 atom stereocenters. The Balaban J connectivity index is 2.21. The molecule has 0 saturated heterocycles. The number of aryl methyl sites for hydroxylation is 2. The van der Waals surface area contributed by atoms with Gasteiger partial charge in [0.15, 0.2) is 0 Å². The van der Waals surface area contributed by atoms with E-state index in [-0.39, 0.29) is 11.4 Å². The molecule has 27 heavy (non-hydrogen) atoms. The average Bonchev–Trinajstić information content (AvgIpc) is 2.59. The third-order valence-corrected chi connectivity index (χ3v) is 4.72. The van der Waals surface area contributed by atoms with Gasteiger partial charge in [-0.15, -0.1) is 0 Å². The first-order chi connectivity index (χ1) is 12.7. The number of aromatic nitrogens is 2. The Morgan fingerprint density at radius 2 is 1.74 bits per heavy atom. The number of nitrogens with zero attached hydrogens (tertiary/aromatic N) is 2. The molecule has 2 aromatic carbocycles. The standard InChI is InChI=1S/C20H16ClF3N2O/c1-12-6-3-4-7-14(12)11-26-10-13(2)19(27)25-18(26)15-8-5-9-16(17(15)21)20(22,23)24/h3-10H,11H2,1-2H3. The van der Waals surface area contributed by atoms with Crippen molar-refractivity contribution in [3.63, 3.8) is 0 Å². The molecule has 7 heteroatoms. The van der Waals surface area contributed by atoms with Crippen LogP contribution in [-0.2, 0) is 12.7 Å². The highest BCUT2D eigenvalue weighted by molar-refractivity contribution is 6.34. The van der Waals surface area contributed by atoms with Gasteiger partial charge in [0.05, 0.1) is 10.6 Å².